The van der Waals surface area contributed by atoms with E-state index in [-0.39, 0.29) is 4.75 Å². The zero-order chi connectivity index (χ0) is 11.7. The van der Waals surface area contributed by atoms with Gasteiger partial charge in [0, 0.05) is 11.3 Å². The molecule has 0 bridgehead atoms. The number of hydrogen-bond acceptors (Lipinski definition) is 2. The van der Waals surface area contributed by atoms with Crippen LogP contribution in [0.15, 0.2) is 4.99 Å². The fourth-order valence-electron chi connectivity index (χ4n) is 1.37. The van der Waals surface area contributed by atoms with Gasteiger partial charge in [0.25, 0.3) is 0 Å². The number of hydrogen-bond donors (Lipinski definition) is 2. The molecule has 90 valence electrons. The first-order chi connectivity index (χ1) is 7.14. The first-order valence-electron chi connectivity index (χ1n) is 5.73. The van der Waals surface area contributed by atoms with Crippen molar-refractivity contribution < 1.29 is 0 Å². The van der Waals surface area contributed by atoms with E-state index in [9.17, 15) is 0 Å². The summed E-state index contributed by atoms with van der Waals surface area (Å²) in [6.45, 7) is 8.25. The minimum absolute atomic E-state index is 0.262. The zero-order valence-corrected chi connectivity index (χ0v) is 11.3. The molecular formula is C11H25N3S. The lowest BCUT2D eigenvalue weighted by Gasteiger charge is -2.27. The normalized spacial score (nSPS) is 12.9. The summed E-state index contributed by atoms with van der Waals surface area (Å²) in [5.74, 6) is 0.581. The van der Waals surface area contributed by atoms with Gasteiger partial charge in [-0.25, -0.2) is 0 Å². The molecule has 0 saturated carbocycles. The number of nitrogens with zero attached hydrogens (tertiary/aromatic N) is 1. The van der Waals surface area contributed by atoms with Crippen molar-refractivity contribution in [3.8, 4) is 0 Å². The highest BCUT2D eigenvalue weighted by atomic mass is 32.2. The van der Waals surface area contributed by atoms with Crippen molar-refractivity contribution in [3.63, 3.8) is 0 Å². The Morgan fingerprint density at radius 1 is 1.33 bits per heavy atom. The van der Waals surface area contributed by atoms with Crippen LogP contribution in [-0.2, 0) is 0 Å². The van der Waals surface area contributed by atoms with E-state index in [1.165, 1.54) is 0 Å². The molecule has 0 fully saturated rings. The van der Waals surface area contributed by atoms with Gasteiger partial charge in [-0.1, -0.05) is 20.8 Å². The minimum atomic E-state index is 0.262. The second-order valence-corrected chi connectivity index (χ2v) is 5.00. The molecule has 0 aromatic heterocycles. The lowest BCUT2D eigenvalue weighted by atomic mass is 10.0. The molecule has 4 heteroatoms. The van der Waals surface area contributed by atoms with E-state index < -0.39 is 0 Å². The van der Waals surface area contributed by atoms with E-state index in [0.717, 1.165) is 32.4 Å². The lowest BCUT2D eigenvalue weighted by Crippen LogP contribution is -2.35. The molecule has 0 rings (SSSR count). The molecule has 0 aliphatic heterocycles. The van der Waals surface area contributed by atoms with E-state index in [4.69, 9.17) is 5.73 Å². The van der Waals surface area contributed by atoms with Crippen LogP contribution in [0.4, 0.5) is 0 Å². The van der Waals surface area contributed by atoms with Crippen LogP contribution in [0.3, 0.4) is 0 Å². The van der Waals surface area contributed by atoms with Crippen molar-refractivity contribution in [3.05, 3.63) is 0 Å². The summed E-state index contributed by atoms with van der Waals surface area (Å²) in [7, 11) is 0. The second-order valence-electron chi connectivity index (χ2n) is 3.72. The first kappa shape index (κ1) is 14.6. The third-order valence-electron chi connectivity index (χ3n) is 2.82. The number of thioether (sulfide) groups is 1. The highest BCUT2D eigenvalue weighted by molar-refractivity contribution is 8.00. The van der Waals surface area contributed by atoms with Crippen molar-refractivity contribution in [2.75, 3.05) is 19.3 Å². The van der Waals surface area contributed by atoms with E-state index >= 15 is 0 Å². The van der Waals surface area contributed by atoms with Crippen molar-refractivity contribution in [2.24, 2.45) is 10.7 Å². The van der Waals surface area contributed by atoms with Crippen molar-refractivity contribution >= 4 is 17.7 Å². The SMILES string of the molecule is CCCNC(N)=NCC(CC)(CC)SC. The Kier molecular flexibility index (Phi) is 7.65. The Morgan fingerprint density at radius 3 is 2.33 bits per heavy atom. The Balaban J connectivity index is 4.18. The van der Waals surface area contributed by atoms with Crippen LogP contribution in [-0.4, -0.2) is 30.1 Å². The maximum Gasteiger partial charge on any atom is 0.188 e. The predicted molar refractivity (Wildman–Crippen MR) is 71.6 cm³/mol. The summed E-state index contributed by atoms with van der Waals surface area (Å²) in [6.07, 6.45) is 5.49. The van der Waals surface area contributed by atoms with E-state index in [1.54, 1.807) is 0 Å². The number of nitrogens with two attached hydrogens (primary N) is 1. The van der Waals surface area contributed by atoms with Gasteiger partial charge in [0.15, 0.2) is 5.96 Å². The van der Waals surface area contributed by atoms with Crippen molar-refractivity contribution in [1.29, 1.82) is 0 Å². The summed E-state index contributed by atoms with van der Waals surface area (Å²) in [6, 6.07) is 0. The molecule has 0 saturated heterocycles. The minimum Gasteiger partial charge on any atom is -0.370 e. The molecule has 0 aliphatic rings. The van der Waals surface area contributed by atoms with E-state index in [2.05, 4.69) is 37.3 Å². The van der Waals surface area contributed by atoms with Crippen LogP contribution >= 0.6 is 11.8 Å². The topological polar surface area (TPSA) is 50.4 Å². The van der Waals surface area contributed by atoms with Gasteiger partial charge in [-0.05, 0) is 25.5 Å². The molecule has 0 unspecified atom stereocenters. The maximum absolute atomic E-state index is 5.76. The van der Waals surface area contributed by atoms with Crippen LogP contribution < -0.4 is 11.1 Å². The third-order valence-corrected chi connectivity index (χ3v) is 4.39. The molecule has 0 aliphatic carbocycles. The van der Waals surface area contributed by atoms with Gasteiger partial charge in [-0.2, -0.15) is 11.8 Å². The van der Waals surface area contributed by atoms with Crippen LogP contribution in [0.5, 0.6) is 0 Å². The highest BCUT2D eigenvalue weighted by Crippen LogP contribution is 2.30. The molecule has 0 heterocycles. The first-order valence-corrected chi connectivity index (χ1v) is 6.95. The number of aliphatic imine (C=N–C) groups is 1. The van der Waals surface area contributed by atoms with Gasteiger partial charge in [-0.15, -0.1) is 0 Å². The molecule has 0 atom stereocenters. The molecule has 15 heavy (non-hydrogen) atoms. The average Bonchev–Trinajstić information content (AvgIpc) is 2.29. The molecular weight excluding hydrogens is 206 g/mol. The van der Waals surface area contributed by atoms with E-state index in [0.29, 0.717) is 5.96 Å². The molecule has 0 aromatic carbocycles. The fraction of sp³-hybridized carbons (Fsp3) is 0.909. The summed E-state index contributed by atoms with van der Waals surface area (Å²) >= 11 is 1.89. The summed E-state index contributed by atoms with van der Waals surface area (Å²) in [5, 5.41) is 3.10. The van der Waals surface area contributed by atoms with Gasteiger partial charge in [-0.3, -0.25) is 4.99 Å². The molecule has 3 nitrogen and oxygen atoms in total. The molecule has 3 N–H and O–H groups in total. The van der Waals surface area contributed by atoms with Gasteiger partial charge in [0.1, 0.15) is 0 Å². The average molecular weight is 231 g/mol. The lowest BCUT2D eigenvalue weighted by molar-refractivity contribution is 0.559. The standard InChI is InChI=1S/C11H25N3S/c1-5-8-13-10(12)14-9-11(6-2,7-3)15-4/h5-9H2,1-4H3,(H3,12,13,14). The van der Waals surface area contributed by atoms with Crippen LogP contribution in [0.2, 0.25) is 0 Å². The van der Waals surface area contributed by atoms with Crippen LogP contribution in [0.25, 0.3) is 0 Å². The summed E-state index contributed by atoms with van der Waals surface area (Å²) < 4.78 is 0.262. The van der Waals surface area contributed by atoms with Crippen LogP contribution in [0.1, 0.15) is 40.0 Å². The van der Waals surface area contributed by atoms with Crippen molar-refractivity contribution in [2.45, 2.75) is 44.8 Å². The predicted octanol–water partition coefficient (Wildman–Crippen LogP) is 2.22. The van der Waals surface area contributed by atoms with Crippen LogP contribution in [0, 0.1) is 0 Å². The second kappa shape index (κ2) is 7.85. The van der Waals surface area contributed by atoms with Gasteiger partial charge in [0.2, 0.25) is 0 Å². The third kappa shape index (κ3) is 5.30. The molecule has 0 aromatic rings. The number of rotatable bonds is 7. The quantitative estimate of drug-likeness (QED) is 0.522. The van der Waals surface area contributed by atoms with Gasteiger partial charge in [0.05, 0.1) is 6.54 Å². The fourth-order valence-corrected chi connectivity index (χ4v) is 2.14. The van der Waals surface area contributed by atoms with Crippen molar-refractivity contribution in [1.82, 2.24) is 5.32 Å². The maximum atomic E-state index is 5.76. The Bertz CT molecular complexity index is 180. The van der Waals surface area contributed by atoms with Gasteiger partial charge < -0.3 is 11.1 Å². The molecule has 0 amide bonds. The summed E-state index contributed by atoms with van der Waals surface area (Å²) in [4.78, 5) is 4.41. The highest BCUT2D eigenvalue weighted by Gasteiger charge is 2.24. The molecule has 0 spiro atoms. The Hall–Kier alpha value is -0.380. The smallest absolute Gasteiger partial charge is 0.188 e. The number of guanidine groups is 1. The summed E-state index contributed by atoms with van der Waals surface area (Å²) in [5.41, 5.74) is 5.76. The zero-order valence-electron chi connectivity index (χ0n) is 10.5. The number of nitrogens with one attached hydrogen (secondary N) is 1. The van der Waals surface area contributed by atoms with Gasteiger partial charge >= 0.3 is 0 Å². The Morgan fingerprint density at radius 2 is 1.93 bits per heavy atom. The Labute approximate surface area is 98.3 Å². The van der Waals surface area contributed by atoms with E-state index in [1.807, 2.05) is 11.8 Å². The molecule has 0 radical (unpaired) electrons. The monoisotopic (exact) mass is 231 g/mol. The largest absolute Gasteiger partial charge is 0.370 e.